The van der Waals surface area contributed by atoms with Crippen LogP contribution in [0.2, 0.25) is 0 Å². The number of hydrogen-bond donors (Lipinski definition) is 1. The van der Waals surface area contributed by atoms with Gasteiger partial charge in [-0.15, -0.1) is 0 Å². The molecule has 34 heavy (non-hydrogen) atoms. The number of aliphatic hydroxyl groups is 1. The largest absolute Gasteiger partial charge is 1.00 e. The molecule has 4 rings (SSSR count). The van der Waals surface area contributed by atoms with Crippen LogP contribution in [0.1, 0.15) is 25.3 Å². The van der Waals surface area contributed by atoms with E-state index in [1.165, 1.54) is 10.6 Å². The highest BCUT2D eigenvalue weighted by molar-refractivity contribution is 8.03. The number of hydrogen-bond acceptors (Lipinski definition) is 5. The second-order valence-electron chi connectivity index (χ2n) is 7.70. The first-order valence-corrected chi connectivity index (χ1v) is 12.1. The summed E-state index contributed by atoms with van der Waals surface area (Å²) in [5, 5.41) is 11.6. The quantitative estimate of drug-likeness (QED) is 0.332. The van der Waals surface area contributed by atoms with Crippen molar-refractivity contribution in [2.45, 2.75) is 31.2 Å². The standard InChI is InChI=1S/C27H29N2O3S.BrH/c1-2-32-27(31)15-8-17-29-24-12-5-6-13-25(24)33-26(29)14-7-9-21-16-18-28(19-20-30)23-11-4-3-10-22(21)23;/h3-7,9-14,16,18,30H,2,8,15,17,19-20H2,1H3;1H/q+1;/p-1. The van der Waals surface area contributed by atoms with Gasteiger partial charge in [0.1, 0.15) is 6.61 Å². The summed E-state index contributed by atoms with van der Waals surface area (Å²) < 4.78 is 7.14. The number of carbonyl (C=O) groups is 1. The van der Waals surface area contributed by atoms with Crippen molar-refractivity contribution in [1.82, 2.24) is 0 Å². The lowest BCUT2D eigenvalue weighted by atomic mass is 10.1. The number of rotatable bonds is 9. The molecular weight excluding hydrogens is 512 g/mol. The molecule has 0 fully saturated rings. The third kappa shape index (κ3) is 6.09. The van der Waals surface area contributed by atoms with Crippen molar-refractivity contribution < 1.29 is 36.2 Å². The number of aromatic nitrogens is 1. The molecular formula is C27H29BrN2O3S. The number of para-hydroxylation sites is 2. The van der Waals surface area contributed by atoms with Crippen LogP contribution in [0.4, 0.5) is 5.69 Å². The monoisotopic (exact) mass is 540 g/mol. The minimum absolute atomic E-state index is 0. The van der Waals surface area contributed by atoms with Gasteiger partial charge in [-0.3, -0.25) is 4.79 Å². The molecule has 0 saturated carbocycles. The number of pyridine rings is 1. The van der Waals surface area contributed by atoms with Crippen LogP contribution in [0.25, 0.3) is 17.0 Å². The molecule has 1 aromatic heterocycles. The van der Waals surface area contributed by atoms with Gasteiger partial charge < -0.3 is 31.7 Å². The van der Waals surface area contributed by atoms with E-state index in [0.29, 0.717) is 19.6 Å². The van der Waals surface area contributed by atoms with Gasteiger partial charge in [0.05, 0.1) is 22.7 Å². The highest BCUT2D eigenvalue weighted by Crippen LogP contribution is 2.45. The van der Waals surface area contributed by atoms with Gasteiger partial charge in [-0.25, -0.2) is 0 Å². The molecule has 0 radical (unpaired) electrons. The number of thioether (sulfide) groups is 1. The fourth-order valence-corrected chi connectivity index (χ4v) is 5.11. The molecule has 1 aliphatic rings. The highest BCUT2D eigenvalue weighted by atomic mass is 79.9. The lowest BCUT2D eigenvalue weighted by molar-refractivity contribution is -0.672. The maximum Gasteiger partial charge on any atom is 0.305 e. The summed E-state index contributed by atoms with van der Waals surface area (Å²) in [5.41, 5.74) is 3.41. The zero-order chi connectivity index (χ0) is 23.0. The molecule has 3 aromatic rings. The Morgan fingerprint density at radius 1 is 1.15 bits per heavy atom. The van der Waals surface area contributed by atoms with Gasteiger partial charge in [-0.1, -0.05) is 48.2 Å². The average molecular weight is 542 g/mol. The fourth-order valence-electron chi connectivity index (χ4n) is 4.01. The average Bonchev–Trinajstić information content (AvgIpc) is 3.18. The van der Waals surface area contributed by atoms with Crippen molar-refractivity contribution in [3.8, 4) is 0 Å². The molecule has 0 spiro atoms. The summed E-state index contributed by atoms with van der Waals surface area (Å²) in [6, 6.07) is 18.7. The maximum atomic E-state index is 11.8. The van der Waals surface area contributed by atoms with Gasteiger partial charge in [0.2, 0.25) is 5.52 Å². The Bertz CT molecular complexity index is 1200. The summed E-state index contributed by atoms with van der Waals surface area (Å²) in [6.45, 7) is 3.70. The van der Waals surface area contributed by atoms with Crippen LogP contribution in [0.15, 0.2) is 82.9 Å². The lowest BCUT2D eigenvalue weighted by Gasteiger charge is -2.20. The van der Waals surface area contributed by atoms with Crippen LogP contribution >= 0.6 is 11.8 Å². The van der Waals surface area contributed by atoms with Gasteiger partial charge in [0, 0.05) is 30.0 Å². The first-order valence-electron chi connectivity index (χ1n) is 11.3. The number of benzene rings is 2. The number of fused-ring (bicyclic) bond motifs is 2. The van der Waals surface area contributed by atoms with Crippen LogP contribution in [-0.2, 0) is 16.1 Å². The van der Waals surface area contributed by atoms with Gasteiger partial charge in [-0.05, 0) is 43.2 Å². The van der Waals surface area contributed by atoms with E-state index >= 15 is 0 Å². The molecule has 0 aliphatic carbocycles. The summed E-state index contributed by atoms with van der Waals surface area (Å²) in [4.78, 5) is 15.3. The predicted molar refractivity (Wildman–Crippen MR) is 134 cm³/mol. The van der Waals surface area contributed by atoms with Crippen LogP contribution in [0, 0.1) is 0 Å². The molecule has 2 aromatic carbocycles. The number of nitrogens with zero attached hydrogens (tertiary/aromatic N) is 2. The van der Waals surface area contributed by atoms with Crippen molar-refractivity contribution in [2.24, 2.45) is 0 Å². The minimum atomic E-state index is -0.141. The molecule has 0 amide bonds. The Labute approximate surface area is 215 Å². The SMILES string of the molecule is CCOC(=O)CCCN1/C(=C/C=C/c2cc[n+](CCO)c3ccccc23)Sc2ccccc21.[Br-]. The van der Waals surface area contributed by atoms with Gasteiger partial charge >= 0.3 is 5.97 Å². The Hall–Kier alpha value is -2.61. The summed E-state index contributed by atoms with van der Waals surface area (Å²) in [6.07, 6.45) is 9.53. The lowest BCUT2D eigenvalue weighted by Crippen LogP contribution is -3.00. The molecule has 178 valence electrons. The topological polar surface area (TPSA) is 53.7 Å². The molecule has 1 aliphatic heterocycles. The van der Waals surface area contributed by atoms with E-state index < -0.39 is 0 Å². The maximum absolute atomic E-state index is 11.8. The molecule has 0 bridgehead atoms. The smallest absolute Gasteiger partial charge is 0.305 e. The van der Waals surface area contributed by atoms with Crippen molar-refractivity contribution in [3.05, 3.63) is 83.5 Å². The van der Waals surface area contributed by atoms with Crippen LogP contribution < -0.4 is 26.4 Å². The molecule has 1 N–H and O–H groups in total. The second-order valence-corrected chi connectivity index (χ2v) is 8.76. The molecule has 7 heteroatoms. The third-order valence-electron chi connectivity index (χ3n) is 5.52. The van der Waals surface area contributed by atoms with E-state index in [4.69, 9.17) is 4.74 Å². The Kier molecular flexibility index (Phi) is 9.74. The number of halogens is 1. The van der Waals surface area contributed by atoms with Crippen molar-refractivity contribution in [3.63, 3.8) is 0 Å². The molecule has 5 nitrogen and oxygen atoms in total. The minimum Gasteiger partial charge on any atom is -1.00 e. The van der Waals surface area contributed by atoms with Crippen LogP contribution in [0.5, 0.6) is 0 Å². The van der Waals surface area contributed by atoms with Crippen LogP contribution in [-0.4, -0.2) is 30.8 Å². The summed E-state index contributed by atoms with van der Waals surface area (Å²) in [7, 11) is 0. The van der Waals surface area contributed by atoms with Crippen molar-refractivity contribution in [1.29, 1.82) is 0 Å². The number of ether oxygens (including phenoxy) is 1. The van der Waals surface area contributed by atoms with Gasteiger partial charge in [0.15, 0.2) is 12.7 Å². The van der Waals surface area contributed by atoms with E-state index in [9.17, 15) is 9.90 Å². The number of allylic oxidation sites excluding steroid dienone is 2. The summed E-state index contributed by atoms with van der Waals surface area (Å²) >= 11 is 1.75. The Balaban J connectivity index is 0.00000324. The first-order chi connectivity index (χ1) is 16.2. The number of carbonyl (C=O) groups excluding carboxylic acids is 1. The zero-order valence-electron chi connectivity index (χ0n) is 19.2. The van der Waals surface area contributed by atoms with E-state index in [1.54, 1.807) is 11.8 Å². The third-order valence-corrected chi connectivity index (χ3v) is 6.65. The predicted octanol–water partition coefficient (Wildman–Crippen LogP) is 1.93. The van der Waals surface area contributed by atoms with E-state index in [0.717, 1.165) is 34.5 Å². The number of aliphatic hydroxyl groups excluding tert-OH is 1. The molecule has 0 saturated heterocycles. The van der Waals surface area contributed by atoms with Crippen molar-refractivity contribution >= 4 is 40.4 Å². The second kappa shape index (κ2) is 12.7. The molecule has 0 unspecified atom stereocenters. The molecule has 2 heterocycles. The fraction of sp³-hybridized carbons (Fsp3) is 0.259. The van der Waals surface area contributed by atoms with Gasteiger partial charge in [-0.2, -0.15) is 4.57 Å². The molecule has 0 atom stereocenters. The summed E-state index contributed by atoms with van der Waals surface area (Å²) in [5.74, 6) is -0.141. The van der Waals surface area contributed by atoms with E-state index in [2.05, 4.69) is 64.1 Å². The highest BCUT2D eigenvalue weighted by Gasteiger charge is 2.24. The van der Waals surface area contributed by atoms with Crippen molar-refractivity contribution in [2.75, 3.05) is 24.7 Å². The normalized spacial score (nSPS) is 13.9. The number of esters is 1. The zero-order valence-corrected chi connectivity index (χ0v) is 21.6. The first kappa shape index (κ1) is 26.0. The van der Waals surface area contributed by atoms with Gasteiger partial charge in [0.25, 0.3) is 0 Å². The van der Waals surface area contributed by atoms with E-state index in [1.807, 2.05) is 31.3 Å². The van der Waals surface area contributed by atoms with E-state index in [-0.39, 0.29) is 29.6 Å². The number of anilines is 1. The Morgan fingerprint density at radius 3 is 2.76 bits per heavy atom. The Morgan fingerprint density at radius 2 is 1.94 bits per heavy atom. The van der Waals surface area contributed by atoms with Crippen LogP contribution in [0.3, 0.4) is 0 Å².